The summed E-state index contributed by atoms with van der Waals surface area (Å²) in [6.07, 6.45) is 2.81. The van der Waals surface area contributed by atoms with Crippen LogP contribution in [-0.2, 0) is 9.59 Å². The Morgan fingerprint density at radius 2 is 1.86 bits per heavy atom. The van der Waals surface area contributed by atoms with Gasteiger partial charge in [-0.2, -0.15) is 0 Å². The highest BCUT2D eigenvalue weighted by molar-refractivity contribution is 14.0. The Balaban J connectivity index is 0.00000729. The van der Waals surface area contributed by atoms with E-state index in [4.69, 9.17) is 0 Å². The van der Waals surface area contributed by atoms with Crippen LogP contribution in [0.1, 0.15) is 33.1 Å². The molecule has 0 unspecified atom stereocenters. The van der Waals surface area contributed by atoms with Crippen LogP contribution in [0.3, 0.4) is 0 Å². The molecule has 0 bridgehead atoms. The minimum atomic E-state index is -0.0423. The van der Waals surface area contributed by atoms with Crippen molar-refractivity contribution in [2.75, 3.05) is 53.4 Å². The highest BCUT2D eigenvalue weighted by Gasteiger charge is 2.21. The number of amides is 2. The first kappa shape index (κ1) is 26.6. The van der Waals surface area contributed by atoms with E-state index in [0.717, 1.165) is 44.5 Å². The number of nitrogens with zero attached hydrogens (tertiary/aromatic N) is 3. The Morgan fingerprint density at radius 3 is 2.39 bits per heavy atom. The van der Waals surface area contributed by atoms with Gasteiger partial charge in [-0.25, -0.2) is 4.99 Å². The number of likely N-dealkylation sites (N-methyl/N-ethyl adjacent to an activating group) is 1. The Kier molecular flexibility index (Phi) is 13.9. The molecule has 8 nitrogen and oxygen atoms in total. The summed E-state index contributed by atoms with van der Waals surface area (Å²) in [5, 5.41) is 9.55. The summed E-state index contributed by atoms with van der Waals surface area (Å²) in [4.78, 5) is 31.7. The van der Waals surface area contributed by atoms with E-state index in [1.165, 1.54) is 4.90 Å². The van der Waals surface area contributed by atoms with Gasteiger partial charge in [-0.15, -0.1) is 24.0 Å². The minimum Gasteiger partial charge on any atom is -0.355 e. The quantitative estimate of drug-likeness (QED) is 0.186. The molecule has 162 valence electrons. The van der Waals surface area contributed by atoms with Gasteiger partial charge in [0.2, 0.25) is 11.8 Å². The maximum absolute atomic E-state index is 11.8. The number of aliphatic imine (C=N–C) groups is 1. The van der Waals surface area contributed by atoms with Crippen LogP contribution in [0.2, 0.25) is 0 Å². The van der Waals surface area contributed by atoms with E-state index in [9.17, 15) is 9.59 Å². The van der Waals surface area contributed by atoms with Crippen molar-refractivity contribution in [1.82, 2.24) is 25.8 Å². The summed E-state index contributed by atoms with van der Waals surface area (Å²) >= 11 is 0. The second-order valence-corrected chi connectivity index (χ2v) is 7.31. The van der Waals surface area contributed by atoms with Crippen LogP contribution in [0.25, 0.3) is 0 Å². The van der Waals surface area contributed by atoms with Gasteiger partial charge in [0.05, 0.1) is 6.54 Å². The number of hydrogen-bond donors (Lipinski definition) is 3. The molecule has 1 saturated heterocycles. The highest BCUT2D eigenvalue weighted by Crippen LogP contribution is 2.10. The van der Waals surface area contributed by atoms with Crippen molar-refractivity contribution in [3.8, 4) is 0 Å². The minimum absolute atomic E-state index is 0. The lowest BCUT2D eigenvalue weighted by atomic mass is 10.1. The van der Waals surface area contributed by atoms with Crippen LogP contribution in [0.4, 0.5) is 0 Å². The Labute approximate surface area is 186 Å². The Hall–Kier alpha value is -1.36. The molecule has 1 rings (SSSR count). The number of hydrogen-bond acceptors (Lipinski definition) is 4. The number of piperidine rings is 1. The maximum atomic E-state index is 11.8. The fraction of sp³-hybridized carbons (Fsp3) is 0.737. The van der Waals surface area contributed by atoms with E-state index in [0.29, 0.717) is 19.0 Å². The number of guanidine groups is 1. The fourth-order valence-electron chi connectivity index (χ4n) is 2.63. The molecule has 28 heavy (non-hydrogen) atoms. The molecular weight excluding hydrogens is 471 g/mol. The van der Waals surface area contributed by atoms with Crippen LogP contribution in [-0.4, -0.2) is 87.0 Å². The molecule has 0 aromatic rings. The number of nitrogens with one attached hydrogen (secondary N) is 3. The molecule has 1 aliphatic heterocycles. The van der Waals surface area contributed by atoms with Gasteiger partial charge < -0.3 is 20.9 Å². The van der Waals surface area contributed by atoms with Crippen LogP contribution in [0.5, 0.6) is 0 Å². The fourth-order valence-corrected chi connectivity index (χ4v) is 2.63. The van der Waals surface area contributed by atoms with E-state index >= 15 is 0 Å². The highest BCUT2D eigenvalue weighted by atomic mass is 127. The Morgan fingerprint density at radius 1 is 1.21 bits per heavy atom. The van der Waals surface area contributed by atoms with Crippen molar-refractivity contribution in [2.45, 2.75) is 39.2 Å². The summed E-state index contributed by atoms with van der Waals surface area (Å²) in [7, 11) is 3.44. The zero-order valence-electron chi connectivity index (χ0n) is 17.7. The first-order valence-corrected chi connectivity index (χ1v) is 9.70. The molecule has 0 spiro atoms. The molecule has 0 saturated carbocycles. The SMILES string of the molecule is C=C(C)CNC(=NCC(=O)N(C)C)NC1CCN(CC(=O)NCCC)CC1.I. The molecule has 0 aliphatic carbocycles. The van der Waals surface area contributed by atoms with Crippen LogP contribution < -0.4 is 16.0 Å². The van der Waals surface area contributed by atoms with Crippen molar-refractivity contribution in [2.24, 2.45) is 4.99 Å². The predicted molar refractivity (Wildman–Crippen MR) is 125 cm³/mol. The van der Waals surface area contributed by atoms with Crippen LogP contribution >= 0.6 is 24.0 Å². The summed E-state index contributed by atoms with van der Waals surface area (Å²) < 4.78 is 0. The third-order valence-electron chi connectivity index (χ3n) is 4.30. The molecule has 9 heteroatoms. The Bertz CT molecular complexity index is 531. The zero-order chi connectivity index (χ0) is 20.2. The maximum Gasteiger partial charge on any atom is 0.243 e. The van der Waals surface area contributed by atoms with Gasteiger partial charge in [0, 0.05) is 46.3 Å². The predicted octanol–water partition coefficient (Wildman–Crippen LogP) is 0.795. The third-order valence-corrected chi connectivity index (χ3v) is 4.30. The normalized spacial score (nSPS) is 15.4. The number of halogens is 1. The van der Waals surface area contributed by atoms with Crippen LogP contribution in [0, 0.1) is 0 Å². The van der Waals surface area contributed by atoms with E-state index in [1.54, 1.807) is 14.1 Å². The van der Waals surface area contributed by atoms with Crippen molar-refractivity contribution in [1.29, 1.82) is 0 Å². The van der Waals surface area contributed by atoms with Gasteiger partial charge in [-0.1, -0.05) is 19.1 Å². The molecule has 0 aromatic carbocycles. The molecule has 3 N–H and O–H groups in total. The lowest BCUT2D eigenvalue weighted by Gasteiger charge is -2.32. The average molecular weight is 508 g/mol. The summed E-state index contributed by atoms with van der Waals surface area (Å²) in [5.74, 6) is 0.683. The van der Waals surface area contributed by atoms with Crippen molar-refractivity contribution in [3.63, 3.8) is 0 Å². The third kappa shape index (κ3) is 11.5. The molecule has 2 amide bonds. The van der Waals surface area contributed by atoms with Crippen molar-refractivity contribution in [3.05, 3.63) is 12.2 Å². The van der Waals surface area contributed by atoms with E-state index in [2.05, 4.69) is 32.4 Å². The van der Waals surface area contributed by atoms with Crippen LogP contribution in [0.15, 0.2) is 17.1 Å². The van der Waals surface area contributed by atoms with Crippen molar-refractivity contribution >= 4 is 41.8 Å². The monoisotopic (exact) mass is 508 g/mol. The summed E-state index contributed by atoms with van der Waals surface area (Å²) in [6, 6.07) is 0.269. The van der Waals surface area contributed by atoms with E-state index < -0.39 is 0 Å². The number of carbonyl (C=O) groups excluding carboxylic acids is 2. The van der Waals surface area contributed by atoms with Gasteiger partial charge >= 0.3 is 0 Å². The summed E-state index contributed by atoms with van der Waals surface area (Å²) in [5.41, 5.74) is 0.997. The topological polar surface area (TPSA) is 89.1 Å². The molecule has 0 radical (unpaired) electrons. The van der Waals surface area contributed by atoms with Gasteiger partial charge in [0.15, 0.2) is 5.96 Å². The van der Waals surface area contributed by atoms with Crippen molar-refractivity contribution < 1.29 is 9.59 Å². The van der Waals surface area contributed by atoms with E-state index in [-0.39, 0.29) is 48.4 Å². The number of carbonyl (C=O) groups is 2. The molecular formula is C19H37IN6O2. The van der Waals surface area contributed by atoms with E-state index in [1.807, 2.05) is 13.8 Å². The number of rotatable bonds is 9. The first-order valence-electron chi connectivity index (χ1n) is 9.70. The van der Waals surface area contributed by atoms with Gasteiger partial charge in [-0.3, -0.25) is 14.5 Å². The molecule has 0 atom stereocenters. The molecule has 1 heterocycles. The molecule has 1 aliphatic rings. The first-order chi connectivity index (χ1) is 12.8. The van der Waals surface area contributed by atoms with Gasteiger partial charge in [0.1, 0.15) is 6.54 Å². The lowest BCUT2D eigenvalue weighted by molar-refractivity contribution is -0.127. The second-order valence-electron chi connectivity index (χ2n) is 7.31. The summed E-state index contributed by atoms with van der Waals surface area (Å²) in [6.45, 7) is 11.5. The smallest absolute Gasteiger partial charge is 0.243 e. The lowest BCUT2D eigenvalue weighted by Crippen LogP contribution is -2.50. The zero-order valence-corrected chi connectivity index (χ0v) is 20.0. The number of likely N-dealkylation sites (tertiary alicyclic amines) is 1. The molecule has 0 aromatic heterocycles. The van der Waals surface area contributed by atoms with Gasteiger partial charge in [-0.05, 0) is 26.2 Å². The van der Waals surface area contributed by atoms with Gasteiger partial charge in [0.25, 0.3) is 0 Å². The largest absolute Gasteiger partial charge is 0.355 e. The standard InChI is InChI=1S/C19H36N6O2.HI/c1-6-9-20-17(26)14-25-10-7-16(8-11-25)23-19(21-12-15(2)3)22-13-18(27)24(4)5;/h16H,2,6-14H2,1,3-5H3,(H,20,26)(H2,21,22,23);1H. The molecule has 1 fully saturated rings. The average Bonchev–Trinajstić information content (AvgIpc) is 2.63. The second kappa shape index (κ2) is 14.6.